The lowest BCUT2D eigenvalue weighted by molar-refractivity contribution is -0.274. The lowest BCUT2D eigenvalue weighted by atomic mass is 9.87. The summed E-state index contributed by atoms with van der Waals surface area (Å²) >= 11 is 5.36. The van der Waals surface area contributed by atoms with Crippen LogP contribution in [0.4, 0.5) is 23.7 Å². The third kappa shape index (κ3) is 7.24. The molecule has 0 radical (unpaired) electrons. The summed E-state index contributed by atoms with van der Waals surface area (Å²) in [6.07, 6.45) is -1.04. The highest BCUT2D eigenvalue weighted by Gasteiger charge is 2.31. The molecule has 0 saturated heterocycles. The lowest BCUT2D eigenvalue weighted by Crippen LogP contribution is -2.47. The highest BCUT2D eigenvalue weighted by atomic mass is 32.1. The van der Waals surface area contributed by atoms with Gasteiger partial charge in [0, 0.05) is 17.3 Å². The zero-order valence-electron chi connectivity index (χ0n) is 22.9. The van der Waals surface area contributed by atoms with E-state index in [0.29, 0.717) is 23.9 Å². The van der Waals surface area contributed by atoms with Crippen LogP contribution in [0, 0.1) is 0 Å². The summed E-state index contributed by atoms with van der Waals surface area (Å²) < 4.78 is 42.7. The van der Waals surface area contributed by atoms with Crippen molar-refractivity contribution >= 4 is 29.0 Å². The topological polar surface area (TPSA) is 93.1 Å². The molecule has 1 aliphatic carbocycles. The molecule has 0 bridgehead atoms. The molecule has 8 nitrogen and oxygen atoms in total. The number of aryl methyl sites for hydroxylation is 1. The second-order valence-electron chi connectivity index (χ2n) is 10.3. The van der Waals surface area contributed by atoms with Crippen molar-refractivity contribution in [3.8, 4) is 22.8 Å². The maximum atomic E-state index is 12.7. The summed E-state index contributed by atoms with van der Waals surface area (Å²) in [5.74, 6) is 0.494. The number of alkyl halides is 3. The number of halogens is 3. The molecule has 5 rings (SSSR count). The van der Waals surface area contributed by atoms with Crippen molar-refractivity contribution in [3.63, 3.8) is 0 Å². The molecule has 1 aliphatic rings. The molecule has 1 unspecified atom stereocenters. The molecular weight excluding hydrogens is 565 g/mol. The number of para-hydroxylation sites is 1. The van der Waals surface area contributed by atoms with Gasteiger partial charge in [-0.05, 0) is 90.5 Å². The van der Waals surface area contributed by atoms with Gasteiger partial charge in [-0.25, -0.2) is 14.5 Å². The van der Waals surface area contributed by atoms with Crippen LogP contribution in [0.3, 0.4) is 0 Å². The zero-order chi connectivity index (χ0) is 29.9. The number of carbonyl (C=O) groups excluding carboxylic acids is 1. The van der Waals surface area contributed by atoms with Crippen molar-refractivity contribution in [2.75, 3.05) is 5.32 Å². The van der Waals surface area contributed by atoms with Crippen LogP contribution in [0.15, 0.2) is 73.1 Å². The molecule has 42 heavy (non-hydrogen) atoms. The fourth-order valence-electron chi connectivity index (χ4n) is 4.93. The molecule has 0 spiro atoms. The van der Waals surface area contributed by atoms with E-state index in [0.717, 1.165) is 40.8 Å². The van der Waals surface area contributed by atoms with Crippen LogP contribution in [0.5, 0.6) is 5.75 Å². The summed E-state index contributed by atoms with van der Waals surface area (Å²) in [5.41, 5.74) is 5.63. The van der Waals surface area contributed by atoms with Crippen LogP contribution in [0.2, 0.25) is 0 Å². The quantitative estimate of drug-likeness (QED) is 0.221. The van der Waals surface area contributed by atoms with Crippen LogP contribution in [0.1, 0.15) is 42.9 Å². The molecule has 0 saturated carbocycles. The second kappa shape index (κ2) is 12.2. The monoisotopic (exact) mass is 594 g/mol. The van der Waals surface area contributed by atoms with E-state index in [9.17, 15) is 18.0 Å². The van der Waals surface area contributed by atoms with Gasteiger partial charge in [0.2, 0.25) is 0 Å². The van der Waals surface area contributed by atoms with Gasteiger partial charge in [-0.3, -0.25) is 5.32 Å². The van der Waals surface area contributed by atoms with E-state index in [1.807, 2.05) is 42.5 Å². The van der Waals surface area contributed by atoms with Gasteiger partial charge in [-0.1, -0.05) is 44.2 Å². The smallest absolute Gasteiger partial charge is 0.406 e. The third-order valence-corrected chi connectivity index (χ3v) is 7.12. The number of hydrogen-bond donors (Lipinski definition) is 3. The van der Waals surface area contributed by atoms with Gasteiger partial charge >= 0.3 is 12.4 Å². The van der Waals surface area contributed by atoms with Crippen LogP contribution >= 0.6 is 12.2 Å². The first-order valence-corrected chi connectivity index (χ1v) is 13.8. The predicted molar refractivity (Wildman–Crippen MR) is 158 cm³/mol. The average Bonchev–Trinajstić information content (AvgIpc) is 3.43. The molecule has 3 aromatic carbocycles. The zero-order valence-corrected chi connectivity index (χ0v) is 23.7. The van der Waals surface area contributed by atoms with Gasteiger partial charge in [0.05, 0.1) is 5.69 Å². The number of fused-ring (bicyclic) bond motifs is 1. The largest absolute Gasteiger partial charge is 0.573 e. The number of aromatic nitrogens is 3. The van der Waals surface area contributed by atoms with Crippen LogP contribution in [-0.4, -0.2) is 38.3 Å². The van der Waals surface area contributed by atoms with E-state index in [1.54, 1.807) is 0 Å². The van der Waals surface area contributed by atoms with E-state index in [1.165, 1.54) is 35.3 Å². The molecule has 1 atom stereocenters. The molecular formula is C30H29F3N6O2S. The number of nitrogens with one attached hydrogen (secondary N) is 3. The van der Waals surface area contributed by atoms with Crippen molar-refractivity contribution in [1.29, 1.82) is 0 Å². The third-order valence-electron chi connectivity index (χ3n) is 6.91. The van der Waals surface area contributed by atoms with Crippen molar-refractivity contribution < 1.29 is 22.7 Å². The summed E-state index contributed by atoms with van der Waals surface area (Å²) in [6, 6.07) is 18.8. The van der Waals surface area contributed by atoms with Crippen LogP contribution in [0.25, 0.3) is 17.1 Å². The number of anilines is 1. The number of hydrogen-bond acceptors (Lipinski definition) is 5. The van der Waals surface area contributed by atoms with Crippen molar-refractivity contribution in [3.05, 3.63) is 89.7 Å². The molecule has 4 aromatic rings. The van der Waals surface area contributed by atoms with E-state index in [2.05, 4.69) is 44.6 Å². The Morgan fingerprint density at radius 1 is 1.07 bits per heavy atom. The lowest BCUT2D eigenvalue weighted by Gasteiger charge is -2.26. The van der Waals surface area contributed by atoms with Crippen molar-refractivity contribution in [1.82, 2.24) is 25.4 Å². The van der Waals surface area contributed by atoms with Crippen LogP contribution < -0.4 is 20.7 Å². The highest BCUT2D eigenvalue weighted by molar-refractivity contribution is 7.80. The second-order valence-corrected chi connectivity index (χ2v) is 10.7. The molecule has 1 heterocycles. The highest BCUT2D eigenvalue weighted by Crippen LogP contribution is 2.28. The minimum atomic E-state index is -4.75. The number of benzene rings is 3. The van der Waals surface area contributed by atoms with Gasteiger partial charge in [-0.2, -0.15) is 0 Å². The Labute approximate surface area is 246 Å². The van der Waals surface area contributed by atoms with Crippen molar-refractivity contribution in [2.45, 2.75) is 51.4 Å². The van der Waals surface area contributed by atoms with Crippen LogP contribution in [-0.2, 0) is 12.8 Å². The molecule has 12 heteroatoms. The predicted octanol–water partition coefficient (Wildman–Crippen LogP) is 6.51. The molecule has 3 N–H and O–H groups in total. The van der Waals surface area contributed by atoms with Gasteiger partial charge in [-0.15, -0.1) is 18.3 Å². The summed E-state index contributed by atoms with van der Waals surface area (Å²) in [7, 11) is 0. The Kier molecular flexibility index (Phi) is 8.44. The summed E-state index contributed by atoms with van der Waals surface area (Å²) in [6.45, 7) is 4.19. The molecule has 0 aliphatic heterocycles. The van der Waals surface area contributed by atoms with E-state index >= 15 is 0 Å². The Morgan fingerprint density at radius 3 is 2.57 bits per heavy atom. The number of carbonyl (C=O) groups is 1. The Balaban J connectivity index is 1.17. The minimum absolute atomic E-state index is 0.0456. The van der Waals surface area contributed by atoms with Gasteiger partial charge in [0.25, 0.3) is 0 Å². The number of ether oxygens (including phenoxy) is 1. The van der Waals surface area contributed by atoms with Gasteiger partial charge in [0.1, 0.15) is 12.1 Å². The maximum Gasteiger partial charge on any atom is 0.573 e. The molecule has 2 amide bonds. The number of urea groups is 1. The van der Waals surface area contributed by atoms with E-state index in [-0.39, 0.29) is 22.9 Å². The summed E-state index contributed by atoms with van der Waals surface area (Å²) in [4.78, 5) is 17.0. The minimum Gasteiger partial charge on any atom is -0.406 e. The van der Waals surface area contributed by atoms with Crippen molar-refractivity contribution in [2.24, 2.45) is 0 Å². The summed E-state index contributed by atoms with van der Waals surface area (Å²) in [5, 5.41) is 13.6. The molecule has 1 aromatic heterocycles. The van der Waals surface area contributed by atoms with Gasteiger partial charge < -0.3 is 15.4 Å². The molecule has 218 valence electrons. The molecule has 0 fully saturated rings. The van der Waals surface area contributed by atoms with E-state index < -0.39 is 6.36 Å². The Bertz CT molecular complexity index is 1590. The standard InChI is InChI=1S/C30H29F3N6O2S/c1-18(2)25-5-3-4-6-26(25)36-29(42)37-28(40)35-22-10-9-19-15-21(8-7-20(19)16-22)27-34-17-39(38-27)23-11-13-24(14-12-23)41-30(31,32)33/h3-8,11-15,17-18,22H,9-10,16H2,1-2H3,(H3,35,36,37,40,42). The number of amides is 2. The normalized spacial score (nSPS) is 14.7. The number of rotatable bonds is 6. The first-order chi connectivity index (χ1) is 20.0. The first kappa shape index (κ1) is 29.1. The maximum absolute atomic E-state index is 12.7. The number of nitrogens with zero attached hydrogens (tertiary/aromatic N) is 3. The fourth-order valence-corrected chi connectivity index (χ4v) is 5.13. The van der Waals surface area contributed by atoms with E-state index in [4.69, 9.17) is 12.2 Å². The number of thiocarbonyl (C=S) groups is 1. The SMILES string of the molecule is CC(C)c1ccccc1NC(=S)NC(=O)NC1CCc2cc(-c3ncn(-c4ccc(OC(F)(F)F)cc4)n3)ccc2C1. The fraction of sp³-hybridized carbons (Fsp3) is 0.267. The van der Waals surface area contributed by atoms with Gasteiger partial charge in [0.15, 0.2) is 10.9 Å². The Hall–Kier alpha value is -4.45. The Morgan fingerprint density at radius 2 is 1.83 bits per heavy atom. The first-order valence-electron chi connectivity index (χ1n) is 13.4. The average molecular weight is 595 g/mol.